The first kappa shape index (κ1) is 14.9. The largest absolute Gasteiger partial charge is 0.304 e. The van der Waals surface area contributed by atoms with Crippen molar-refractivity contribution in [3.63, 3.8) is 0 Å². The van der Waals surface area contributed by atoms with Gasteiger partial charge >= 0.3 is 0 Å². The summed E-state index contributed by atoms with van der Waals surface area (Å²) in [7, 11) is 1.87. The predicted octanol–water partition coefficient (Wildman–Crippen LogP) is 3.66. The summed E-state index contributed by atoms with van der Waals surface area (Å²) >= 11 is 2.91. The van der Waals surface area contributed by atoms with Crippen LogP contribution < -0.4 is 0 Å². The molecular weight excluding hydrogens is 321 g/mol. The number of thiophene rings is 1. The molecule has 0 saturated carbocycles. The summed E-state index contributed by atoms with van der Waals surface area (Å²) in [6.45, 7) is 0. The highest BCUT2D eigenvalue weighted by Gasteiger charge is 2.14. The zero-order valence-corrected chi connectivity index (χ0v) is 13.3. The van der Waals surface area contributed by atoms with Crippen LogP contribution in [0, 0.1) is 5.82 Å². The highest BCUT2D eigenvalue weighted by molar-refractivity contribution is 7.99. The normalized spacial score (nSPS) is 10.8. The van der Waals surface area contributed by atoms with E-state index >= 15 is 0 Å². The number of hydrogen-bond acceptors (Lipinski definition) is 5. The summed E-state index contributed by atoms with van der Waals surface area (Å²) in [6, 6.07) is 9.49. The van der Waals surface area contributed by atoms with E-state index in [-0.39, 0.29) is 17.4 Å². The fraction of sp³-hybridized carbons (Fsp3) is 0.133. The Morgan fingerprint density at radius 1 is 1.27 bits per heavy atom. The van der Waals surface area contributed by atoms with E-state index in [0.29, 0.717) is 10.7 Å². The monoisotopic (exact) mass is 333 g/mol. The molecule has 4 nitrogen and oxygen atoms in total. The van der Waals surface area contributed by atoms with Crippen molar-refractivity contribution in [1.82, 2.24) is 14.8 Å². The van der Waals surface area contributed by atoms with Crippen molar-refractivity contribution in [1.29, 1.82) is 0 Å². The highest BCUT2D eigenvalue weighted by atomic mass is 32.2. The molecule has 0 unspecified atom stereocenters. The minimum absolute atomic E-state index is 0.0642. The maximum atomic E-state index is 12.9. The van der Waals surface area contributed by atoms with Crippen molar-refractivity contribution >= 4 is 28.9 Å². The summed E-state index contributed by atoms with van der Waals surface area (Å²) in [5, 5.41) is 10.9. The van der Waals surface area contributed by atoms with Gasteiger partial charge in [0.1, 0.15) is 5.82 Å². The van der Waals surface area contributed by atoms with Gasteiger partial charge in [0, 0.05) is 12.6 Å². The molecule has 0 radical (unpaired) electrons. The average Bonchev–Trinajstić information content (AvgIpc) is 3.15. The Bertz CT molecular complexity index is 782. The van der Waals surface area contributed by atoms with E-state index in [1.165, 1.54) is 36.0 Å². The van der Waals surface area contributed by atoms with Gasteiger partial charge in [-0.15, -0.1) is 21.5 Å². The third kappa shape index (κ3) is 3.10. The van der Waals surface area contributed by atoms with E-state index in [1.54, 1.807) is 11.3 Å². The molecule has 3 aromatic rings. The zero-order valence-electron chi connectivity index (χ0n) is 11.7. The van der Waals surface area contributed by atoms with Gasteiger partial charge < -0.3 is 4.57 Å². The molecule has 0 aliphatic carbocycles. The van der Waals surface area contributed by atoms with Gasteiger partial charge in [-0.2, -0.15) is 0 Å². The Labute approximate surface area is 135 Å². The number of hydrogen-bond donors (Lipinski definition) is 0. The van der Waals surface area contributed by atoms with E-state index in [0.717, 1.165) is 10.7 Å². The van der Waals surface area contributed by atoms with Crippen LogP contribution in [-0.4, -0.2) is 26.3 Å². The van der Waals surface area contributed by atoms with Crippen LogP contribution >= 0.6 is 23.1 Å². The fourth-order valence-corrected chi connectivity index (χ4v) is 3.46. The molecule has 0 atom stereocenters. The fourth-order valence-electron chi connectivity index (χ4n) is 1.91. The first-order chi connectivity index (χ1) is 10.6. The van der Waals surface area contributed by atoms with Gasteiger partial charge in [0.15, 0.2) is 16.8 Å². The molecule has 7 heteroatoms. The molecule has 0 fully saturated rings. The van der Waals surface area contributed by atoms with Gasteiger partial charge in [-0.3, -0.25) is 4.79 Å². The predicted molar refractivity (Wildman–Crippen MR) is 85.8 cm³/mol. The quantitative estimate of drug-likeness (QED) is 0.528. The van der Waals surface area contributed by atoms with Gasteiger partial charge in [-0.05, 0) is 35.7 Å². The Hall–Kier alpha value is -1.99. The number of aromatic nitrogens is 3. The summed E-state index contributed by atoms with van der Waals surface area (Å²) in [6.07, 6.45) is 0. The molecule has 1 aromatic carbocycles. The molecule has 22 heavy (non-hydrogen) atoms. The number of carbonyl (C=O) groups is 1. The van der Waals surface area contributed by atoms with Crippen LogP contribution in [-0.2, 0) is 7.05 Å². The summed E-state index contributed by atoms with van der Waals surface area (Å²) in [5.74, 6) is 0.609. The van der Waals surface area contributed by atoms with Crippen LogP contribution in [0.4, 0.5) is 4.39 Å². The SMILES string of the molecule is Cn1c(SCC(=O)c2ccc(F)cc2)nnc1-c1cccs1. The van der Waals surface area contributed by atoms with Crippen molar-refractivity contribution < 1.29 is 9.18 Å². The Kier molecular flexibility index (Phi) is 4.35. The first-order valence-corrected chi connectivity index (χ1v) is 8.36. The molecule has 0 N–H and O–H groups in total. The molecule has 112 valence electrons. The Morgan fingerprint density at radius 2 is 2.05 bits per heavy atom. The summed E-state index contributed by atoms with van der Waals surface area (Å²) in [4.78, 5) is 13.1. The van der Waals surface area contributed by atoms with Crippen molar-refractivity contribution in [2.24, 2.45) is 7.05 Å². The molecule has 2 heterocycles. The van der Waals surface area contributed by atoms with E-state index < -0.39 is 0 Å². The van der Waals surface area contributed by atoms with Gasteiger partial charge in [0.05, 0.1) is 10.6 Å². The number of nitrogens with zero attached hydrogens (tertiary/aromatic N) is 3. The van der Waals surface area contributed by atoms with Crippen molar-refractivity contribution in [2.45, 2.75) is 5.16 Å². The molecule has 0 aliphatic heterocycles. The van der Waals surface area contributed by atoms with Crippen molar-refractivity contribution in [3.8, 4) is 10.7 Å². The van der Waals surface area contributed by atoms with Crippen LogP contribution in [0.5, 0.6) is 0 Å². The van der Waals surface area contributed by atoms with E-state index in [4.69, 9.17) is 0 Å². The summed E-state index contributed by atoms with van der Waals surface area (Å²) < 4.78 is 14.7. The van der Waals surface area contributed by atoms with Crippen molar-refractivity contribution in [2.75, 3.05) is 5.75 Å². The number of carbonyl (C=O) groups excluding carboxylic acids is 1. The van der Waals surface area contributed by atoms with E-state index in [2.05, 4.69) is 10.2 Å². The van der Waals surface area contributed by atoms with Gasteiger partial charge in [-0.25, -0.2) is 4.39 Å². The second-order valence-electron chi connectivity index (χ2n) is 4.56. The zero-order chi connectivity index (χ0) is 15.5. The van der Waals surface area contributed by atoms with Crippen LogP contribution in [0.15, 0.2) is 46.9 Å². The third-order valence-corrected chi connectivity index (χ3v) is 4.96. The molecule has 2 aromatic heterocycles. The van der Waals surface area contributed by atoms with Crippen LogP contribution in [0.25, 0.3) is 10.7 Å². The number of Topliss-reactive ketones (excluding diaryl/α,β-unsaturated/α-hetero) is 1. The first-order valence-electron chi connectivity index (χ1n) is 6.50. The topological polar surface area (TPSA) is 47.8 Å². The second-order valence-corrected chi connectivity index (χ2v) is 6.45. The van der Waals surface area contributed by atoms with Gasteiger partial charge in [0.2, 0.25) is 0 Å². The number of rotatable bonds is 5. The Morgan fingerprint density at radius 3 is 2.73 bits per heavy atom. The molecule has 0 aliphatic rings. The van der Waals surface area contributed by atoms with Gasteiger partial charge in [-0.1, -0.05) is 17.8 Å². The van der Waals surface area contributed by atoms with Crippen LogP contribution in [0.2, 0.25) is 0 Å². The lowest BCUT2D eigenvalue weighted by Gasteiger charge is -2.02. The molecule has 0 amide bonds. The number of thioether (sulfide) groups is 1. The van der Waals surface area contributed by atoms with Gasteiger partial charge in [0.25, 0.3) is 0 Å². The van der Waals surface area contributed by atoms with Crippen LogP contribution in [0.3, 0.4) is 0 Å². The lowest BCUT2D eigenvalue weighted by molar-refractivity contribution is 0.102. The van der Waals surface area contributed by atoms with Crippen molar-refractivity contribution in [3.05, 3.63) is 53.2 Å². The van der Waals surface area contributed by atoms with Crippen LogP contribution in [0.1, 0.15) is 10.4 Å². The standard InChI is InChI=1S/C15H12FN3OS2/c1-19-14(13-3-2-8-21-13)17-18-15(19)22-9-12(20)10-4-6-11(16)7-5-10/h2-8H,9H2,1H3. The third-order valence-electron chi connectivity index (χ3n) is 3.08. The minimum atomic E-state index is -0.349. The number of halogens is 1. The van der Waals surface area contributed by atoms with E-state index in [9.17, 15) is 9.18 Å². The maximum absolute atomic E-state index is 12.9. The lowest BCUT2D eigenvalue weighted by Crippen LogP contribution is -2.04. The summed E-state index contributed by atoms with van der Waals surface area (Å²) in [5.41, 5.74) is 0.495. The average molecular weight is 333 g/mol. The minimum Gasteiger partial charge on any atom is -0.304 e. The maximum Gasteiger partial charge on any atom is 0.191 e. The number of benzene rings is 1. The molecule has 3 rings (SSSR count). The molecule has 0 bridgehead atoms. The van der Waals surface area contributed by atoms with E-state index in [1.807, 2.05) is 29.1 Å². The Balaban J connectivity index is 1.69. The number of ketones is 1. The smallest absolute Gasteiger partial charge is 0.191 e. The molecular formula is C15H12FN3OS2. The molecule has 0 spiro atoms. The lowest BCUT2D eigenvalue weighted by atomic mass is 10.1. The second kappa shape index (κ2) is 6.41. The molecule has 0 saturated heterocycles. The highest BCUT2D eigenvalue weighted by Crippen LogP contribution is 2.26.